The molecular weight excluding hydrogens is 372 g/mol. The molecule has 3 fully saturated rings. The quantitative estimate of drug-likeness (QED) is 0.619. The zero-order valence-corrected chi connectivity index (χ0v) is 16.1. The Hall–Kier alpha value is -2.58. The van der Waals surface area contributed by atoms with Gasteiger partial charge in [0.15, 0.2) is 0 Å². The van der Waals surface area contributed by atoms with Gasteiger partial charge in [0.1, 0.15) is 6.04 Å². The monoisotopic (exact) mass is 396 g/mol. The highest BCUT2D eigenvalue weighted by atomic mass is 16.2. The lowest BCUT2D eigenvalue weighted by Gasteiger charge is -2.30. The van der Waals surface area contributed by atoms with E-state index in [-0.39, 0.29) is 24.3 Å². The summed E-state index contributed by atoms with van der Waals surface area (Å²) in [6.07, 6.45) is 3.90. The summed E-state index contributed by atoms with van der Waals surface area (Å²) in [7, 11) is 0. The van der Waals surface area contributed by atoms with Crippen molar-refractivity contribution in [1.29, 1.82) is 0 Å². The van der Waals surface area contributed by atoms with E-state index in [1.54, 1.807) is 12.1 Å². The van der Waals surface area contributed by atoms with Gasteiger partial charge in [-0.15, -0.1) is 0 Å². The van der Waals surface area contributed by atoms with Gasteiger partial charge in [-0.25, -0.2) is 0 Å². The maximum Gasteiger partial charge on any atom is 0.262 e. The second-order valence-electron chi connectivity index (χ2n) is 8.54. The van der Waals surface area contributed by atoms with Crippen LogP contribution in [0, 0.1) is 5.92 Å². The zero-order valence-electron chi connectivity index (χ0n) is 16.1. The van der Waals surface area contributed by atoms with Crippen LogP contribution < -0.4 is 16.0 Å². The van der Waals surface area contributed by atoms with E-state index in [2.05, 4.69) is 16.0 Å². The number of nitrogens with one attached hydrogen (secondary N) is 3. The summed E-state index contributed by atoms with van der Waals surface area (Å²) in [4.78, 5) is 50.3. The Balaban J connectivity index is 1.34. The van der Waals surface area contributed by atoms with E-state index in [9.17, 15) is 19.2 Å². The van der Waals surface area contributed by atoms with Crippen LogP contribution in [0.1, 0.15) is 58.4 Å². The molecule has 2 atom stereocenters. The van der Waals surface area contributed by atoms with E-state index in [1.807, 2.05) is 6.07 Å². The minimum atomic E-state index is -0.927. The van der Waals surface area contributed by atoms with Crippen LogP contribution in [0.25, 0.3) is 0 Å². The number of benzene rings is 1. The molecule has 29 heavy (non-hydrogen) atoms. The molecule has 0 radical (unpaired) electrons. The van der Waals surface area contributed by atoms with Crippen molar-refractivity contribution in [3.05, 3.63) is 34.9 Å². The van der Waals surface area contributed by atoms with Gasteiger partial charge in [-0.05, 0) is 55.8 Å². The van der Waals surface area contributed by atoms with E-state index in [4.69, 9.17) is 0 Å². The molecule has 3 heterocycles. The summed E-state index contributed by atoms with van der Waals surface area (Å²) in [6, 6.07) is 4.38. The molecule has 2 unspecified atom stereocenters. The van der Waals surface area contributed by atoms with Crippen LogP contribution in [-0.2, 0) is 16.1 Å². The second-order valence-corrected chi connectivity index (χ2v) is 8.54. The molecule has 152 valence electrons. The van der Waals surface area contributed by atoms with Gasteiger partial charge < -0.3 is 10.6 Å². The van der Waals surface area contributed by atoms with Gasteiger partial charge in [-0.2, -0.15) is 0 Å². The van der Waals surface area contributed by atoms with E-state index in [0.717, 1.165) is 30.0 Å². The number of hydrogen-bond donors (Lipinski definition) is 3. The Morgan fingerprint density at radius 1 is 1.07 bits per heavy atom. The van der Waals surface area contributed by atoms with E-state index in [0.29, 0.717) is 23.6 Å². The molecular formula is C21H24N4O4. The lowest BCUT2D eigenvalue weighted by atomic mass is 9.91. The Kier molecular flexibility index (Phi) is 4.29. The third-order valence-electron chi connectivity index (χ3n) is 6.70. The molecule has 1 aromatic carbocycles. The summed E-state index contributed by atoms with van der Waals surface area (Å²) in [5.41, 5.74) is 1.73. The SMILES string of the molecule is O=C1CCC(N2C(=O)c3ccc(CNC4(C5CC5)CCNC4)cc3C2=O)C(=O)N1. The summed E-state index contributed by atoms with van der Waals surface area (Å²) in [5.74, 6) is -1.17. The average molecular weight is 396 g/mol. The third kappa shape index (κ3) is 3.07. The third-order valence-corrected chi connectivity index (χ3v) is 6.70. The highest BCUT2D eigenvalue weighted by Gasteiger charge is 2.47. The number of nitrogens with zero attached hydrogens (tertiary/aromatic N) is 1. The Labute approximate surface area is 168 Å². The molecule has 4 amide bonds. The molecule has 5 rings (SSSR count). The normalized spacial score (nSPS) is 29.4. The highest BCUT2D eigenvalue weighted by Crippen LogP contribution is 2.43. The molecule has 3 aliphatic heterocycles. The molecule has 8 nitrogen and oxygen atoms in total. The van der Waals surface area contributed by atoms with Crippen LogP contribution in [0.4, 0.5) is 0 Å². The minimum Gasteiger partial charge on any atom is -0.315 e. The largest absolute Gasteiger partial charge is 0.315 e. The standard InChI is InChI=1S/C21H24N4O4/c26-17-6-5-16(18(27)24-17)25-19(28)14-4-1-12(9-15(14)20(25)29)10-23-21(13-2-3-13)7-8-22-11-21/h1,4,9,13,16,22-23H,2-3,5-8,10-11H2,(H,24,26,27). The van der Waals surface area contributed by atoms with Crippen LogP contribution in [-0.4, -0.2) is 53.2 Å². The predicted molar refractivity (Wildman–Crippen MR) is 103 cm³/mol. The Bertz CT molecular complexity index is 917. The fraction of sp³-hybridized carbons (Fsp3) is 0.524. The molecule has 0 aromatic heterocycles. The van der Waals surface area contributed by atoms with Crippen molar-refractivity contribution < 1.29 is 19.2 Å². The van der Waals surface area contributed by atoms with Crippen LogP contribution in [0.2, 0.25) is 0 Å². The fourth-order valence-corrected chi connectivity index (χ4v) is 4.90. The van der Waals surface area contributed by atoms with Gasteiger partial charge in [0, 0.05) is 25.0 Å². The van der Waals surface area contributed by atoms with Gasteiger partial charge in [-0.3, -0.25) is 29.4 Å². The minimum absolute atomic E-state index is 0.121. The summed E-state index contributed by atoms with van der Waals surface area (Å²) in [6.45, 7) is 2.61. The van der Waals surface area contributed by atoms with Crippen molar-refractivity contribution >= 4 is 23.6 Å². The van der Waals surface area contributed by atoms with Crippen molar-refractivity contribution in [2.75, 3.05) is 13.1 Å². The van der Waals surface area contributed by atoms with Gasteiger partial charge in [0.2, 0.25) is 11.8 Å². The van der Waals surface area contributed by atoms with E-state index < -0.39 is 23.8 Å². The molecule has 8 heteroatoms. The van der Waals surface area contributed by atoms with Crippen molar-refractivity contribution in [3.63, 3.8) is 0 Å². The molecule has 1 saturated carbocycles. The molecule has 1 aromatic rings. The molecule has 3 N–H and O–H groups in total. The topological polar surface area (TPSA) is 108 Å². The smallest absolute Gasteiger partial charge is 0.262 e. The van der Waals surface area contributed by atoms with E-state index in [1.165, 1.54) is 12.8 Å². The predicted octanol–water partition coefficient (Wildman–Crippen LogP) is 0.320. The first-order valence-corrected chi connectivity index (χ1v) is 10.3. The summed E-state index contributed by atoms with van der Waals surface area (Å²) in [5, 5.41) is 9.37. The number of rotatable bonds is 5. The van der Waals surface area contributed by atoms with Crippen LogP contribution in [0.3, 0.4) is 0 Å². The fourth-order valence-electron chi connectivity index (χ4n) is 4.90. The summed E-state index contributed by atoms with van der Waals surface area (Å²) >= 11 is 0. The molecule has 0 spiro atoms. The summed E-state index contributed by atoms with van der Waals surface area (Å²) < 4.78 is 0. The van der Waals surface area contributed by atoms with E-state index >= 15 is 0 Å². The molecule has 1 aliphatic carbocycles. The van der Waals surface area contributed by atoms with Crippen molar-refractivity contribution in [1.82, 2.24) is 20.9 Å². The number of amides is 4. The Morgan fingerprint density at radius 3 is 2.55 bits per heavy atom. The molecule has 4 aliphatic rings. The van der Waals surface area contributed by atoms with Gasteiger partial charge in [-0.1, -0.05) is 6.07 Å². The maximum absolute atomic E-state index is 12.9. The second kappa shape index (κ2) is 6.74. The number of hydrogen-bond acceptors (Lipinski definition) is 6. The lowest BCUT2D eigenvalue weighted by Crippen LogP contribution is -2.54. The number of imide groups is 2. The van der Waals surface area contributed by atoms with Crippen molar-refractivity contribution in [3.8, 4) is 0 Å². The van der Waals surface area contributed by atoms with Gasteiger partial charge in [0.05, 0.1) is 11.1 Å². The van der Waals surface area contributed by atoms with Crippen molar-refractivity contribution in [2.24, 2.45) is 5.92 Å². The van der Waals surface area contributed by atoms with Gasteiger partial charge >= 0.3 is 0 Å². The number of carbonyl (C=O) groups is 4. The lowest BCUT2D eigenvalue weighted by molar-refractivity contribution is -0.136. The van der Waals surface area contributed by atoms with Crippen LogP contribution >= 0.6 is 0 Å². The van der Waals surface area contributed by atoms with Crippen molar-refractivity contribution in [2.45, 2.75) is 50.2 Å². The molecule has 0 bridgehead atoms. The first kappa shape index (κ1) is 18.4. The number of fused-ring (bicyclic) bond motifs is 1. The van der Waals surface area contributed by atoms with Crippen LogP contribution in [0.5, 0.6) is 0 Å². The van der Waals surface area contributed by atoms with Gasteiger partial charge in [0.25, 0.3) is 11.8 Å². The molecule has 2 saturated heterocycles. The average Bonchev–Trinajstić information content (AvgIpc) is 3.41. The number of carbonyl (C=O) groups excluding carboxylic acids is 4. The maximum atomic E-state index is 12.9. The zero-order chi connectivity index (χ0) is 20.2. The first-order valence-electron chi connectivity index (χ1n) is 10.3. The first-order chi connectivity index (χ1) is 14.0. The highest BCUT2D eigenvalue weighted by molar-refractivity contribution is 6.23. The van der Waals surface area contributed by atoms with Crippen LogP contribution in [0.15, 0.2) is 18.2 Å². The number of piperidine rings is 1. The Morgan fingerprint density at radius 2 is 1.86 bits per heavy atom.